The Bertz CT molecular complexity index is 222. The molecule has 3 heteroatoms. The van der Waals surface area contributed by atoms with E-state index in [0.717, 1.165) is 18.9 Å². The van der Waals surface area contributed by atoms with Crippen LogP contribution in [0.25, 0.3) is 0 Å². The first kappa shape index (κ1) is 12.8. The lowest BCUT2D eigenvalue weighted by Crippen LogP contribution is -2.52. The third-order valence-corrected chi connectivity index (χ3v) is 4.69. The van der Waals surface area contributed by atoms with E-state index in [-0.39, 0.29) is 6.10 Å². The monoisotopic (exact) mass is 290 g/mol. The van der Waals surface area contributed by atoms with Crippen LogP contribution in [-0.2, 0) is 9.47 Å². The predicted molar refractivity (Wildman–Crippen MR) is 69.0 cm³/mol. The molecular formula is C13H23BrO2. The van der Waals surface area contributed by atoms with Gasteiger partial charge in [0.1, 0.15) is 0 Å². The molecule has 2 saturated carbocycles. The number of halogens is 1. The minimum absolute atomic E-state index is 0.280. The van der Waals surface area contributed by atoms with Crippen LogP contribution < -0.4 is 0 Å². The smallest absolute Gasteiger partial charge is 0.0962 e. The molecule has 2 fully saturated rings. The Morgan fingerprint density at radius 3 is 2.69 bits per heavy atom. The van der Waals surface area contributed by atoms with Gasteiger partial charge in [-0.3, -0.25) is 0 Å². The zero-order chi connectivity index (χ0) is 11.5. The molecule has 0 aromatic rings. The molecule has 94 valence electrons. The van der Waals surface area contributed by atoms with Gasteiger partial charge in [0, 0.05) is 11.4 Å². The number of alkyl halides is 1. The highest BCUT2D eigenvalue weighted by Gasteiger charge is 2.42. The molecule has 16 heavy (non-hydrogen) atoms. The molecule has 0 aliphatic heterocycles. The van der Waals surface area contributed by atoms with E-state index in [1.54, 1.807) is 0 Å². The Labute approximate surface area is 107 Å². The van der Waals surface area contributed by atoms with Gasteiger partial charge in [-0.25, -0.2) is 0 Å². The maximum Gasteiger partial charge on any atom is 0.0962 e. The Balaban J connectivity index is 1.76. The van der Waals surface area contributed by atoms with Gasteiger partial charge in [-0.15, -0.1) is 0 Å². The molecular weight excluding hydrogens is 268 g/mol. The molecule has 0 bridgehead atoms. The van der Waals surface area contributed by atoms with Gasteiger partial charge < -0.3 is 9.47 Å². The Hall–Kier alpha value is 0.400. The van der Waals surface area contributed by atoms with Gasteiger partial charge in [-0.05, 0) is 32.1 Å². The van der Waals surface area contributed by atoms with Crippen molar-refractivity contribution in [1.82, 2.24) is 0 Å². The maximum atomic E-state index is 6.18. The fourth-order valence-corrected chi connectivity index (χ4v) is 3.68. The van der Waals surface area contributed by atoms with Crippen LogP contribution >= 0.6 is 15.9 Å². The van der Waals surface area contributed by atoms with Crippen LogP contribution in [0.1, 0.15) is 46.0 Å². The molecule has 2 aliphatic carbocycles. The van der Waals surface area contributed by atoms with Gasteiger partial charge in [0.2, 0.25) is 0 Å². The normalized spacial score (nSPS) is 44.1. The second kappa shape index (κ2) is 5.83. The summed E-state index contributed by atoms with van der Waals surface area (Å²) in [4.78, 5) is 0.499. The van der Waals surface area contributed by atoms with Crippen molar-refractivity contribution in [2.75, 3.05) is 6.61 Å². The summed E-state index contributed by atoms with van der Waals surface area (Å²) < 4.78 is 11.9. The highest BCUT2D eigenvalue weighted by molar-refractivity contribution is 9.09. The topological polar surface area (TPSA) is 18.5 Å². The minimum Gasteiger partial charge on any atom is -0.375 e. The Kier molecular flexibility index (Phi) is 4.68. The first-order valence-electron chi connectivity index (χ1n) is 6.61. The first-order valence-corrected chi connectivity index (χ1v) is 7.53. The molecule has 0 saturated heterocycles. The third kappa shape index (κ3) is 2.99. The highest BCUT2D eigenvalue weighted by atomic mass is 79.9. The van der Waals surface area contributed by atoms with Crippen molar-refractivity contribution in [3.63, 3.8) is 0 Å². The largest absolute Gasteiger partial charge is 0.375 e. The van der Waals surface area contributed by atoms with Crippen LogP contribution in [-0.4, -0.2) is 29.7 Å². The van der Waals surface area contributed by atoms with Crippen molar-refractivity contribution >= 4 is 15.9 Å². The highest BCUT2D eigenvalue weighted by Crippen LogP contribution is 2.36. The van der Waals surface area contributed by atoms with Crippen molar-refractivity contribution in [1.29, 1.82) is 0 Å². The van der Waals surface area contributed by atoms with Crippen LogP contribution in [0.5, 0.6) is 0 Å². The van der Waals surface area contributed by atoms with Crippen LogP contribution in [0.15, 0.2) is 0 Å². The number of rotatable bonds is 4. The van der Waals surface area contributed by atoms with Crippen molar-refractivity contribution in [2.45, 2.75) is 69.1 Å². The summed E-state index contributed by atoms with van der Waals surface area (Å²) in [6, 6.07) is 0. The second-order valence-corrected chi connectivity index (χ2v) is 6.42. The van der Waals surface area contributed by atoms with E-state index in [2.05, 4.69) is 29.8 Å². The number of hydrogen-bond acceptors (Lipinski definition) is 2. The Morgan fingerprint density at radius 2 is 2.06 bits per heavy atom. The second-order valence-electron chi connectivity index (χ2n) is 5.24. The predicted octanol–water partition coefficient (Wildman–Crippen LogP) is 3.52. The molecule has 5 atom stereocenters. The fraction of sp³-hybridized carbons (Fsp3) is 1.00. The van der Waals surface area contributed by atoms with Gasteiger partial charge in [0.15, 0.2) is 0 Å². The lowest BCUT2D eigenvalue weighted by Gasteiger charge is -2.43. The van der Waals surface area contributed by atoms with Gasteiger partial charge in [-0.2, -0.15) is 0 Å². The SMILES string of the molecule is CCOC1C(Br)CC1OC1CCCC(C)C1. The molecule has 0 N–H and O–H groups in total. The lowest BCUT2D eigenvalue weighted by molar-refractivity contribution is -0.152. The van der Waals surface area contributed by atoms with Crippen LogP contribution in [0.2, 0.25) is 0 Å². The molecule has 0 spiro atoms. The van der Waals surface area contributed by atoms with Crippen molar-refractivity contribution in [3.8, 4) is 0 Å². The first-order chi connectivity index (χ1) is 7.70. The summed E-state index contributed by atoms with van der Waals surface area (Å²) in [5.41, 5.74) is 0. The molecule has 2 nitrogen and oxygen atoms in total. The van der Waals surface area contributed by atoms with Crippen molar-refractivity contribution in [2.24, 2.45) is 5.92 Å². The fourth-order valence-electron chi connectivity index (χ4n) is 2.81. The third-order valence-electron chi connectivity index (χ3n) is 3.80. The average Bonchev–Trinajstić information content (AvgIpc) is 2.26. The summed E-state index contributed by atoms with van der Waals surface area (Å²) in [5, 5.41) is 0. The zero-order valence-electron chi connectivity index (χ0n) is 10.3. The van der Waals surface area contributed by atoms with E-state index in [0.29, 0.717) is 17.0 Å². The van der Waals surface area contributed by atoms with Crippen molar-refractivity contribution < 1.29 is 9.47 Å². The summed E-state index contributed by atoms with van der Waals surface area (Å²) in [5.74, 6) is 0.837. The molecule has 0 radical (unpaired) electrons. The van der Waals surface area contributed by atoms with E-state index < -0.39 is 0 Å². The summed E-state index contributed by atoms with van der Waals surface area (Å²) >= 11 is 3.64. The zero-order valence-corrected chi connectivity index (χ0v) is 11.9. The lowest BCUT2D eigenvalue weighted by atomic mass is 9.87. The summed E-state index contributed by atoms with van der Waals surface area (Å²) in [7, 11) is 0. The van der Waals surface area contributed by atoms with E-state index in [1.165, 1.54) is 25.7 Å². The van der Waals surface area contributed by atoms with Gasteiger partial charge in [-0.1, -0.05) is 35.7 Å². The van der Waals surface area contributed by atoms with E-state index in [1.807, 2.05) is 0 Å². The van der Waals surface area contributed by atoms with Crippen molar-refractivity contribution in [3.05, 3.63) is 0 Å². The van der Waals surface area contributed by atoms with Crippen LogP contribution in [0.4, 0.5) is 0 Å². The van der Waals surface area contributed by atoms with Gasteiger partial charge >= 0.3 is 0 Å². The molecule has 5 unspecified atom stereocenters. The molecule has 0 amide bonds. The van der Waals surface area contributed by atoms with E-state index in [4.69, 9.17) is 9.47 Å². The molecule has 0 aromatic carbocycles. The molecule has 2 rings (SSSR count). The van der Waals surface area contributed by atoms with E-state index >= 15 is 0 Å². The van der Waals surface area contributed by atoms with Crippen LogP contribution in [0.3, 0.4) is 0 Å². The molecule has 0 aromatic heterocycles. The number of ether oxygens (including phenoxy) is 2. The average molecular weight is 291 g/mol. The minimum atomic E-state index is 0.280. The summed E-state index contributed by atoms with van der Waals surface area (Å²) in [6.07, 6.45) is 7.39. The van der Waals surface area contributed by atoms with Gasteiger partial charge in [0.25, 0.3) is 0 Å². The van der Waals surface area contributed by atoms with E-state index in [9.17, 15) is 0 Å². The number of hydrogen-bond donors (Lipinski definition) is 0. The molecule has 0 heterocycles. The summed E-state index contributed by atoms with van der Waals surface area (Å²) in [6.45, 7) is 5.18. The maximum absolute atomic E-state index is 6.18. The quantitative estimate of drug-likeness (QED) is 0.738. The molecule has 2 aliphatic rings. The van der Waals surface area contributed by atoms with Crippen LogP contribution in [0, 0.1) is 5.92 Å². The Morgan fingerprint density at radius 1 is 1.25 bits per heavy atom. The van der Waals surface area contributed by atoms with Gasteiger partial charge in [0.05, 0.1) is 18.3 Å². The standard InChI is InChI=1S/C13H23BrO2/c1-3-15-13-11(14)8-12(13)16-10-6-4-5-9(2)7-10/h9-13H,3-8H2,1-2H3.